The molecule has 0 bridgehead atoms. The highest BCUT2D eigenvalue weighted by molar-refractivity contribution is 7.99. The summed E-state index contributed by atoms with van der Waals surface area (Å²) >= 11 is 7.39. The summed E-state index contributed by atoms with van der Waals surface area (Å²) in [5.41, 5.74) is 1.33. The van der Waals surface area contributed by atoms with Gasteiger partial charge in [-0.3, -0.25) is 19.7 Å². The lowest BCUT2D eigenvalue weighted by Gasteiger charge is -2.21. The molecule has 2 amide bonds. The molecule has 200 valence electrons. The van der Waals surface area contributed by atoms with Crippen molar-refractivity contribution in [2.24, 2.45) is 5.92 Å². The van der Waals surface area contributed by atoms with Gasteiger partial charge in [-0.05, 0) is 37.0 Å². The van der Waals surface area contributed by atoms with Crippen molar-refractivity contribution in [1.82, 2.24) is 20.1 Å². The van der Waals surface area contributed by atoms with Crippen molar-refractivity contribution < 1.29 is 14.5 Å². The number of anilines is 1. The molecule has 2 N–H and O–H groups in total. The van der Waals surface area contributed by atoms with Gasteiger partial charge in [-0.15, -0.1) is 16.8 Å². The van der Waals surface area contributed by atoms with Gasteiger partial charge in [-0.2, -0.15) is 0 Å². The van der Waals surface area contributed by atoms with Crippen molar-refractivity contribution in [1.29, 1.82) is 0 Å². The van der Waals surface area contributed by atoms with Crippen molar-refractivity contribution >= 4 is 46.6 Å². The first-order chi connectivity index (χ1) is 18.1. The average molecular weight is 557 g/mol. The number of carbonyl (C=O) groups excluding carboxylic acids is 2. The maximum Gasteiger partial charge on any atom is 0.271 e. The Kier molecular flexibility index (Phi) is 10.0. The summed E-state index contributed by atoms with van der Waals surface area (Å²) in [7, 11) is 0. The van der Waals surface area contributed by atoms with E-state index in [1.54, 1.807) is 43.3 Å². The zero-order valence-electron chi connectivity index (χ0n) is 21.3. The third-order valence-electron chi connectivity index (χ3n) is 5.54. The molecule has 38 heavy (non-hydrogen) atoms. The number of nitro groups is 1. The number of hydrogen-bond donors (Lipinski definition) is 2. The third-order valence-corrected chi connectivity index (χ3v) is 6.83. The fraction of sp³-hybridized carbons (Fsp3) is 0.308. The van der Waals surface area contributed by atoms with E-state index < -0.39 is 11.0 Å². The molecule has 0 aliphatic carbocycles. The minimum absolute atomic E-state index is 0.00175. The number of allylic oxidation sites excluding steroid dienone is 1. The zero-order chi connectivity index (χ0) is 27.8. The van der Waals surface area contributed by atoms with Gasteiger partial charge in [-0.25, -0.2) is 0 Å². The molecule has 3 aromatic rings. The van der Waals surface area contributed by atoms with Crippen molar-refractivity contribution in [3.63, 3.8) is 0 Å². The number of halogens is 1. The molecule has 0 aliphatic rings. The fourth-order valence-electron chi connectivity index (χ4n) is 3.72. The van der Waals surface area contributed by atoms with Crippen molar-refractivity contribution in [3.05, 3.63) is 87.2 Å². The molecule has 0 unspecified atom stereocenters. The van der Waals surface area contributed by atoms with Crippen LogP contribution in [-0.4, -0.2) is 37.3 Å². The van der Waals surface area contributed by atoms with Crippen LogP contribution in [0.4, 0.5) is 11.4 Å². The van der Waals surface area contributed by atoms with Crippen LogP contribution in [-0.2, 0) is 11.3 Å². The summed E-state index contributed by atoms with van der Waals surface area (Å²) in [5, 5.41) is 26.3. The van der Waals surface area contributed by atoms with E-state index in [4.69, 9.17) is 11.6 Å². The topological polar surface area (TPSA) is 132 Å². The number of thioether (sulfide) groups is 1. The van der Waals surface area contributed by atoms with Gasteiger partial charge in [0.25, 0.3) is 11.6 Å². The van der Waals surface area contributed by atoms with Crippen LogP contribution in [0, 0.1) is 23.0 Å². The predicted octanol–water partition coefficient (Wildman–Crippen LogP) is 5.58. The van der Waals surface area contributed by atoms with E-state index in [0.29, 0.717) is 45.8 Å². The SMILES string of the molecule is C=CCn1c(SCC(=O)Nc2cc([N+](=O)[O-])ccc2C)nnc1[C@@H](CC(C)C)NC(=O)c1ccccc1Cl. The van der Waals surface area contributed by atoms with Crippen LogP contribution in [0.5, 0.6) is 0 Å². The maximum atomic E-state index is 13.0. The van der Waals surface area contributed by atoms with Gasteiger partial charge in [0.05, 0.1) is 33.0 Å². The number of carbonyl (C=O) groups is 2. The predicted molar refractivity (Wildman–Crippen MR) is 149 cm³/mol. The van der Waals surface area contributed by atoms with Crippen molar-refractivity contribution in [2.75, 3.05) is 11.1 Å². The van der Waals surface area contributed by atoms with Gasteiger partial charge in [0.15, 0.2) is 11.0 Å². The molecule has 1 heterocycles. The van der Waals surface area contributed by atoms with Gasteiger partial charge in [-0.1, -0.05) is 61.5 Å². The van der Waals surface area contributed by atoms with Crippen LogP contribution in [0.1, 0.15) is 48.1 Å². The molecule has 12 heteroatoms. The van der Waals surface area contributed by atoms with Crippen molar-refractivity contribution in [2.45, 2.75) is 44.9 Å². The highest BCUT2D eigenvalue weighted by Gasteiger charge is 2.25. The van der Waals surface area contributed by atoms with Gasteiger partial charge in [0.2, 0.25) is 5.91 Å². The smallest absolute Gasteiger partial charge is 0.271 e. The standard InChI is InChI=1S/C26H29ClN6O4S/c1-5-12-32-24(22(13-16(2)3)29-25(35)19-8-6-7-9-20(19)27)30-31-26(32)38-15-23(34)28-21-14-18(33(36)37)11-10-17(21)4/h5-11,14,16,22H,1,12-13,15H2,2-4H3,(H,28,34)(H,29,35)/t22-/m1/s1. The first-order valence-corrected chi connectivity index (χ1v) is 13.2. The molecule has 3 rings (SSSR count). The van der Waals surface area contributed by atoms with E-state index in [2.05, 4.69) is 27.4 Å². The van der Waals surface area contributed by atoms with Gasteiger partial charge >= 0.3 is 0 Å². The Hall–Kier alpha value is -3.70. The first kappa shape index (κ1) is 28.9. The Morgan fingerprint density at radius 1 is 1.24 bits per heavy atom. The summed E-state index contributed by atoms with van der Waals surface area (Å²) in [5.74, 6) is 0.101. The second-order valence-corrected chi connectivity index (χ2v) is 10.3. The number of aromatic nitrogens is 3. The zero-order valence-corrected chi connectivity index (χ0v) is 22.9. The van der Waals surface area contributed by atoms with Crippen molar-refractivity contribution in [3.8, 4) is 0 Å². The van der Waals surface area contributed by atoms with Crippen LogP contribution in [0.2, 0.25) is 5.02 Å². The molecule has 0 saturated carbocycles. The highest BCUT2D eigenvalue weighted by atomic mass is 35.5. The summed E-state index contributed by atoms with van der Waals surface area (Å²) in [4.78, 5) is 36.2. The summed E-state index contributed by atoms with van der Waals surface area (Å²) in [6, 6.07) is 10.6. The monoisotopic (exact) mass is 556 g/mol. The second kappa shape index (κ2) is 13.2. The molecule has 0 fully saturated rings. The number of aryl methyl sites for hydroxylation is 1. The van der Waals surface area contributed by atoms with Gasteiger partial charge < -0.3 is 15.2 Å². The minimum atomic E-state index is -0.513. The average Bonchev–Trinajstić information content (AvgIpc) is 3.26. The summed E-state index contributed by atoms with van der Waals surface area (Å²) < 4.78 is 1.81. The quantitative estimate of drug-likeness (QED) is 0.129. The summed E-state index contributed by atoms with van der Waals surface area (Å²) in [6.45, 7) is 10.0. The highest BCUT2D eigenvalue weighted by Crippen LogP contribution is 2.27. The van der Waals surface area contributed by atoms with Crippen LogP contribution in [0.25, 0.3) is 0 Å². The minimum Gasteiger partial charge on any atom is -0.342 e. The Bertz CT molecular complexity index is 1340. The molecule has 1 atom stereocenters. The molecule has 2 aromatic carbocycles. The maximum absolute atomic E-state index is 13.0. The number of benzene rings is 2. The molecular weight excluding hydrogens is 528 g/mol. The van der Waals surface area contributed by atoms with Gasteiger partial charge in [0, 0.05) is 18.7 Å². The lowest BCUT2D eigenvalue weighted by molar-refractivity contribution is -0.384. The fourth-order valence-corrected chi connectivity index (χ4v) is 4.70. The number of nitrogens with zero attached hydrogens (tertiary/aromatic N) is 4. The van der Waals surface area contributed by atoms with Crippen LogP contribution in [0.15, 0.2) is 60.3 Å². The van der Waals surface area contributed by atoms with E-state index in [1.165, 1.54) is 23.9 Å². The first-order valence-electron chi connectivity index (χ1n) is 11.9. The van der Waals surface area contributed by atoms with E-state index in [1.807, 2.05) is 18.4 Å². The molecule has 0 aliphatic heterocycles. The number of nitrogens with one attached hydrogen (secondary N) is 2. The molecule has 1 aromatic heterocycles. The molecule has 0 spiro atoms. The largest absolute Gasteiger partial charge is 0.342 e. The van der Waals surface area contributed by atoms with Crippen LogP contribution < -0.4 is 10.6 Å². The third kappa shape index (κ3) is 7.42. The lowest BCUT2D eigenvalue weighted by Crippen LogP contribution is -2.32. The second-order valence-electron chi connectivity index (χ2n) is 8.97. The Morgan fingerprint density at radius 3 is 2.63 bits per heavy atom. The number of non-ortho nitro benzene ring substituents is 1. The molecule has 0 radical (unpaired) electrons. The normalized spacial score (nSPS) is 11.7. The Labute approximate surface area is 230 Å². The summed E-state index contributed by atoms with van der Waals surface area (Å²) in [6.07, 6.45) is 2.29. The van der Waals surface area contributed by atoms with E-state index in [-0.39, 0.29) is 29.2 Å². The van der Waals surface area contributed by atoms with Crippen LogP contribution >= 0.6 is 23.4 Å². The Balaban J connectivity index is 1.79. The molecule has 0 saturated heterocycles. The number of amides is 2. The number of hydrogen-bond acceptors (Lipinski definition) is 7. The molecule has 10 nitrogen and oxygen atoms in total. The van der Waals surface area contributed by atoms with E-state index >= 15 is 0 Å². The Morgan fingerprint density at radius 2 is 1.97 bits per heavy atom. The number of nitro benzene ring substituents is 1. The van der Waals surface area contributed by atoms with Crippen LogP contribution in [0.3, 0.4) is 0 Å². The molecular formula is C26H29ClN6O4S. The van der Waals surface area contributed by atoms with Gasteiger partial charge in [0.1, 0.15) is 0 Å². The number of rotatable bonds is 12. The van der Waals surface area contributed by atoms with E-state index in [9.17, 15) is 19.7 Å². The lowest BCUT2D eigenvalue weighted by atomic mass is 10.0. The van der Waals surface area contributed by atoms with E-state index in [0.717, 1.165) is 0 Å².